The number of carbonyl (C=O) groups is 3. The van der Waals surface area contributed by atoms with Gasteiger partial charge < -0.3 is 18.6 Å². The molecule has 2 aliphatic heterocycles. The lowest BCUT2D eigenvalue weighted by Gasteiger charge is -2.28. The number of nitrogens with zero attached hydrogens (tertiary/aromatic N) is 2. The third-order valence-corrected chi connectivity index (χ3v) is 8.05. The zero-order valence-electron chi connectivity index (χ0n) is 19.3. The highest BCUT2D eigenvalue weighted by Gasteiger charge is 2.37. The number of hydrogen-bond acceptors (Lipinski definition) is 9. The summed E-state index contributed by atoms with van der Waals surface area (Å²) in [5, 5.41) is -0.330. The summed E-state index contributed by atoms with van der Waals surface area (Å²) in [5.74, 6) is -1.24. The third kappa shape index (κ3) is 6.21. The van der Waals surface area contributed by atoms with E-state index in [1.165, 1.54) is 54.5 Å². The van der Waals surface area contributed by atoms with Crippen LogP contribution in [-0.2, 0) is 24.4 Å². The Bertz CT molecular complexity index is 1370. The number of imide groups is 1. The van der Waals surface area contributed by atoms with Gasteiger partial charge in [-0.15, -0.1) is 0 Å². The summed E-state index contributed by atoms with van der Waals surface area (Å²) in [5.41, 5.74) is 0.350. The van der Waals surface area contributed by atoms with Gasteiger partial charge in [0.05, 0.1) is 30.3 Å². The van der Waals surface area contributed by atoms with Gasteiger partial charge in [-0.25, -0.2) is 0 Å². The normalized spacial score (nSPS) is 17.4. The predicted octanol–water partition coefficient (Wildman–Crippen LogP) is 3.66. The van der Waals surface area contributed by atoms with Gasteiger partial charge >= 0.3 is 10.1 Å². The first kappa shape index (κ1) is 27.3. The smallest absolute Gasteiger partial charge is 0.339 e. The van der Waals surface area contributed by atoms with E-state index in [-0.39, 0.29) is 38.8 Å². The van der Waals surface area contributed by atoms with Crippen molar-refractivity contribution in [2.24, 2.45) is 0 Å². The lowest BCUT2D eigenvalue weighted by molar-refractivity contribution is -0.139. The Hall–Kier alpha value is -2.77. The number of hydrogen-bond donors (Lipinski definition) is 0. The highest BCUT2D eigenvalue weighted by Crippen LogP contribution is 2.40. The first-order chi connectivity index (χ1) is 17.6. The molecule has 0 aromatic heterocycles. The second kappa shape index (κ2) is 11.3. The molecule has 0 atom stereocenters. The van der Waals surface area contributed by atoms with Crippen molar-refractivity contribution in [2.45, 2.75) is 4.90 Å². The maximum atomic E-state index is 12.9. The van der Waals surface area contributed by atoms with Gasteiger partial charge in [-0.3, -0.25) is 19.3 Å². The molecule has 0 radical (unpaired) electrons. The molecule has 3 amide bonds. The predicted molar refractivity (Wildman–Crippen MR) is 137 cm³/mol. The molecular formula is C23H20Cl2N2O8S2. The van der Waals surface area contributed by atoms with Crippen LogP contribution < -0.4 is 8.92 Å². The lowest BCUT2D eigenvalue weighted by Crippen LogP contribution is -2.46. The van der Waals surface area contributed by atoms with Gasteiger partial charge in [0.1, 0.15) is 11.4 Å². The number of ether oxygens (including phenoxy) is 2. The number of amides is 3. The van der Waals surface area contributed by atoms with Crippen LogP contribution in [0.3, 0.4) is 0 Å². The zero-order valence-corrected chi connectivity index (χ0v) is 22.5. The van der Waals surface area contributed by atoms with Crippen LogP contribution in [0, 0.1) is 0 Å². The molecule has 2 fully saturated rings. The van der Waals surface area contributed by atoms with E-state index in [9.17, 15) is 22.8 Å². The summed E-state index contributed by atoms with van der Waals surface area (Å²) in [7, 11) is -2.96. The molecule has 0 saturated carbocycles. The highest BCUT2D eigenvalue weighted by atomic mass is 35.5. The van der Waals surface area contributed by atoms with Crippen LogP contribution in [0.15, 0.2) is 46.2 Å². The van der Waals surface area contributed by atoms with Crippen LogP contribution in [0.25, 0.3) is 6.08 Å². The van der Waals surface area contributed by atoms with Gasteiger partial charge in [-0.05, 0) is 59.8 Å². The minimum absolute atomic E-state index is 0.0157. The van der Waals surface area contributed by atoms with Gasteiger partial charge in [0, 0.05) is 18.1 Å². The van der Waals surface area contributed by atoms with Crippen LogP contribution in [-0.4, -0.2) is 75.2 Å². The Morgan fingerprint density at radius 3 is 2.46 bits per heavy atom. The molecule has 14 heteroatoms. The van der Waals surface area contributed by atoms with E-state index in [1.54, 1.807) is 0 Å². The van der Waals surface area contributed by atoms with Gasteiger partial charge in [-0.1, -0.05) is 23.2 Å². The van der Waals surface area contributed by atoms with Crippen molar-refractivity contribution in [3.8, 4) is 11.5 Å². The summed E-state index contributed by atoms with van der Waals surface area (Å²) >= 11 is 12.8. The molecule has 2 aromatic carbocycles. The van der Waals surface area contributed by atoms with Crippen molar-refractivity contribution in [1.82, 2.24) is 9.80 Å². The fraction of sp³-hybridized carbons (Fsp3) is 0.261. The van der Waals surface area contributed by atoms with E-state index in [2.05, 4.69) is 0 Å². The summed E-state index contributed by atoms with van der Waals surface area (Å²) in [4.78, 5) is 40.2. The summed E-state index contributed by atoms with van der Waals surface area (Å²) < 4.78 is 41.1. The molecule has 4 rings (SSSR count). The lowest BCUT2D eigenvalue weighted by atomic mass is 10.2. The Balaban J connectivity index is 1.54. The van der Waals surface area contributed by atoms with Crippen molar-refractivity contribution in [3.05, 3.63) is 56.9 Å². The second-order valence-electron chi connectivity index (χ2n) is 7.79. The van der Waals surface area contributed by atoms with Crippen molar-refractivity contribution in [1.29, 1.82) is 0 Å². The van der Waals surface area contributed by atoms with Crippen LogP contribution in [0.2, 0.25) is 10.0 Å². The second-order valence-corrected chi connectivity index (χ2v) is 11.2. The average molecular weight is 587 g/mol. The standard InChI is InChI=1S/C23H20Cl2N2O8S2/c1-33-18-11-14(10-17(25)21(18)35-37(31,32)16-4-2-15(24)3-5-16)12-19-22(29)27(23(30)36-19)13-20(28)26-6-8-34-9-7-26/h2-5,10-12H,6-9,13H2,1H3/b19-12-. The number of rotatable bonds is 7. The van der Waals surface area contributed by atoms with E-state index in [0.717, 1.165) is 4.90 Å². The Morgan fingerprint density at radius 1 is 1.14 bits per heavy atom. The fourth-order valence-corrected chi connectivity index (χ4v) is 5.72. The number of carbonyl (C=O) groups excluding carboxylic acids is 3. The largest absolute Gasteiger partial charge is 0.493 e. The molecule has 0 spiro atoms. The molecule has 0 aliphatic carbocycles. The monoisotopic (exact) mass is 586 g/mol. The van der Waals surface area contributed by atoms with E-state index in [0.29, 0.717) is 48.7 Å². The molecule has 2 heterocycles. The van der Waals surface area contributed by atoms with Gasteiger partial charge in [0.15, 0.2) is 5.75 Å². The van der Waals surface area contributed by atoms with Crippen molar-refractivity contribution in [2.75, 3.05) is 40.0 Å². The van der Waals surface area contributed by atoms with Gasteiger partial charge in [0.25, 0.3) is 11.1 Å². The zero-order chi connectivity index (χ0) is 26.7. The Morgan fingerprint density at radius 2 is 1.81 bits per heavy atom. The molecule has 37 heavy (non-hydrogen) atoms. The number of halogens is 2. The third-order valence-electron chi connectivity index (χ3n) is 5.38. The topological polar surface area (TPSA) is 120 Å². The minimum atomic E-state index is -4.26. The van der Waals surface area contributed by atoms with Crippen LogP contribution >= 0.6 is 35.0 Å². The van der Waals surface area contributed by atoms with Crippen LogP contribution in [0.5, 0.6) is 11.5 Å². The van der Waals surface area contributed by atoms with Crippen LogP contribution in [0.4, 0.5) is 4.79 Å². The van der Waals surface area contributed by atoms with Crippen molar-refractivity contribution in [3.63, 3.8) is 0 Å². The molecule has 2 aromatic rings. The SMILES string of the molecule is COc1cc(/C=C2\SC(=O)N(CC(=O)N3CCOCC3)C2=O)cc(Cl)c1OS(=O)(=O)c1ccc(Cl)cc1. The quantitative estimate of drug-likeness (QED) is 0.353. The maximum Gasteiger partial charge on any atom is 0.339 e. The average Bonchev–Trinajstić information content (AvgIpc) is 3.13. The number of thioether (sulfide) groups is 1. The Kier molecular flexibility index (Phi) is 8.34. The molecule has 2 aliphatic rings. The molecule has 10 nitrogen and oxygen atoms in total. The van der Waals surface area contributed by atoms with E-state index in [4.69, 9.17) is 36.9 Å². The van der Waals surface area contributed by atoms with E-state index < -0.39 is 21.3 Å². The van der Waals surface area contributed by atoms with E-state index >= 15 is 0 Å². The molecule has 2 saturated heterocycles. The first-order valence-electron chi connectivity index (χ1n) is 10.8. The van der Waals surface area contributed by atoms with Crippen molar-refractivity contribution < 1.29 is 36.5 Å². The van der Waals surface area contributed by atoms with Crippen molar-refractivity contribution >= 4 is 68.2 Å². The fourth-order valence-electron chi connectivity index (χ4n) is 3.50. The maximum absolute atomic E-state index is 12.9. The molecule has 0 N–H and O–H groups in total. The number of methoxy groups -OCH3 is 1. The summed E-state index contributed by atoms with van der Waals surface area (Å²) in [6, 6.07) is 8.15. The molecular weight excluding hydrogens is 567 g/mol. The minimum Gasteiger partial charge on any atom is -0.493 e. The molecule has 0 bridgehead atoms. The number of morpholine rings is 1. The van der Waals surface area contributed by atoms with E-state index in [1.807, 2.05) is 0 Å². The molecule has 196 valence electrons. The number of benzene rings is 2. The molecule has 0 unspecified atom stereocenters. The van der Waals surface area contributed by atoms with Gasteiger partial charge in [0.2, 0.25) is 11.7 Å². The highest BCUT2D eigenvalue weighted by molar-refractivity contribution is 8.18. The summed E-state index contributed by atoms with van der Waals surface area (Å²) in [6.07, 6.45) is 1.40. The van der Waals surface area contributed by atoms with Crippen LogP contribution in [0.1, 0.15) is 5.56 Å². The first-order valence-corrected chi connectivity index (χ1v) is 13.8. The summed E-state index contributed by atoms with van der Waals surface area (Å²) in [6.45, 7) is 1.21. The van der Waals surface area contributed by atoms with Gasteiger partial charge in [-0.2, -0.15) is 8.42 Å². The Labute approximate surface area is 227 Å².